The molecule has 0 aliphatic heterocycles. The van der Waals surface area contributed by atoms with Crippen molar-refractivity contribution in [2.24, 2.45) is 0 Å². The quantitative estimate of drug-likeness (QED) is 0.516. The van der Waals surface area contributed by atoms with Gasteiger partial charge >= 0.3 is 0 Å². The lowest BCUT2D eigenvalue weighted by Gasteiger charge is -2.11. The van der Waals surface area contributed by atoms with E-state index in [1.165, 1.54) is 0 Å². The van der Waals surface area contributed by atoms with Gasteiger partial charge in [0, 0.05) is 23.7 Å². The molecule has 7 heteroatoms. The van der Waals surface area contributed by atoms with Gasteiger partial charge in [0.05, 0.1) is 22.3 Å². The summed E-state index contributed by atoms with van der Waals surface area (Å²) in [4.78, 5) is 8.48. The Morgan fingerprint density at radius 2 is 2.12 bits per heavy atom. The van der Waals surface area contributed by atoms with Crippen molar-refractivity contribution in [2.75, 3.05) is 0 Å². The predicted molar refractivity (Wildman–Crippen MR) is 98.8 cm³/mol. The van der Waals surface area contributed by atoms with Crippen molar-refractivity contribution < 1.29 is 5.11 Å². The second-order valence-electron chi connectivity index (χ2n) is 6.10. The van der Waals surface area contributed by atoms with Crippen molar-refractivity contribution in [3.63, 3.8) is 0 Å². The third-order valence-corrected chi connectivity index (χ3v) is 4.71. The third kappa shape index (κ3) is 2.72. The fraction of sp³-hybridized carbons (Fsp3) is 0.278. The van der Waals surface area contributed by atoms with E-state index in [9.17, 15) is 5.11 Å². The maximum atomic E-state index is 10.3. The van der Waals surface area contributed by atoms with Crippen molar-refractivity contribution >= 4 is 33.7 Å². The van der Waals surface area contributed by atoms with E-state index in [0.29, 0.717) is 17.2 Å². The number of hydrogen-bond acceptors (Lipinski definition) is 4. The van der Waals surface area contributed by atoms with Crippen LogP contribution in [0.15, 0.2) is 30.6 Å². The Hall–Kier alpha value is -2.60. The van der Waals surface area contributed by atoms with Crippen LogP contribution in [0.2, 0.25) is 5.02 Å². The van der Waals surface area contributed by atoms with Gasteiger partial charge in [-0.1, -0.05) is 43.5 Å². The number of H-pyrrole nitrogens is 1. The van der Waals surface area contributed by atoms with Gasteiger partial charge in [-0.2, -0.15) is 10.1 Å². The van der Waals surface area contributed by atoms with E-state index < -0.39 is 0 Å². The summed E-state index contributed by atoms with van der Waals surface area (Å²) in [5, 5.41) is 18.9. The SMILES string of the molecule is CCCCCn1c(O)nc2ncc(Cl)c(-c3ccc4cn[nH]c4c3)c21. The van der Waals surface area contributed by atoms with Gasteiger partial charge in [-0.3, -0.25) is 9.67 Å². The zero-order valence-electron chi connectivity index (χ0n) is 13.8. The number of pyridine rings is 1. The number of imidazole rings is 1. The fourth-order valence-corrected chi connectivity index (χ4v) is 3.41. The van der Waals surface area contributed by atoms with Crippen LogP contribution in [0.1, 0.15) is 26.2 Å². The molecule has 0 amide bonds. The molecule has 0 saturated carbocycles. The van der Waals surface area contributed by atoms with E-state index in [2.05, 4.69) is 27.1 Å². The summed E-state index contributed by atoms with van der Waals surface area (Å²) in [6.45, 7) is 2.83. The Balaban J connectivity index is 1.93. The largest absolute Gasteiger partial charge is 0.480 e. The average Bonchev–Trinajstić information content (AvgIpc) is 3.19. The van der Waals surface area contributed by atoms with Crippen LogP contribution in [0.25, 0.3) is 33.2 Å². The average molecular weight is 356 g/mol. The zero-order valence-corrected chi connectivity index (χ0v) is 14.6. The first-order chi connectivity index (χ1) is 12.2. The molecule has 2 N–H and O–H groups in total. The van der Waals surface area contributed by atoms with E-state index in [1.807, 2.05) is 18.2 Å². The molecular formula is C18H18ClN5O. The van der Waals surface area contributed by atoms with E-state index in [4.69, 9.17) is 11.6 Å². The Kier molecular flexibility index (Phi) is 4.05. The molecule has 3 aromatic heterocycles. The second kappa shape index (κ2) is 6.37. The van der Waals surface area contributed by atoms with Crippen LogP contribution in [-0.4, -0.2) is 29.8 Å². The number of aromatic amines is 1. The molecule has 0 aliphatic rings. The summed E-state index contributed by atoms with van der Waals surface area (Å²) in [5.41, 5.74) is 3.95. The molecular weight excluding hydrogens is 338 g/mol. The molecule has 0 unspecified atom stereocenters. The molecule has 6 nitrogen and oxygen atoms in total. The third-order valence-electron chi connectivity index (χ3n) is 4.42. The Labute approximate surface area is 149 Å². The molecule has 4 rings (SSSR count). The number of nitrogens with one attached hydrogen (secondary N) is 1. The number of benzene rings is 1. The summed E-state index contributed by atoms with van der Waals surface area (Å²) >= 11 is 6.49. The van der Waals surface area contributed by atoms with Gasteiger partial charge in [-0.05, 0) is 18.1 Å². The van der Waals surface area contributed by atoms with Crippen LogP contribution in [0.3, 0.4) is 0 Å². The lowest BCUT2D eigenvalue weighted by atomic mass is 10.0. The molecule has 25 heavy (non-hydrogen) atoms. The molecule has 4 aromatic rings. The lowest BCUT2D eigenvalue weighted by molar-refractivity contribution is 0.397. The number of nitrogens with zero attached hydrogens (tertiary/aromatic N) is 4. The van der Waals surface area contributed by atoms with Crippen LogP contribution in [0.5, 0.6) is 6.01 Å². The minimum atomic E-state index is -0.0234. The summed E-state index contributed by atoms with van der Waals surface area (Å²) in [6.07, 6.45) is 6.52. The van der Waals surface area contributed by atoms with E-state index in [-0.39, 0.29) is 6.01 Å². The highest BCUT2D eigenvalue weighted by molar-refractivity contribution is 6.34. The number of aromatic nitrogens is 5. The monoisotopic (exact) mass is 355 g/mol. The van der Waals surface area contributed by atoms with Crippen molar-refractivity contribution in [1.29, 1.82) is 0 Å². The molecule has 0 spiro atoms. The molecule has 0 bridgehead atoms. The van der Waals surface area contributed by atoms with Crippen LogP contribution in [-0.2, 0) is 6.54 Å². The van der Waals surface area contributed by atoms with Gasteiger partial charge in [0.15, 0.2) is 5.65 Å². The summed E-state index contributed by atoms with van der Waals surface area (Å²) < 4.78 is 1.80. The molecule has 0 saturated heterocycles. The summed E-state index contributed by atoms with van der Waals surface area (Å²) in [5.74, 6) is 0. The molecule has 0 aliphatic carbocycles. The number of aromatic hydroxyl groups is 1. The predicted octanol–water partition coefficient (Wildman–Crippen LogP) is 4.52. The van der Waals surface area contributed by atoms with Gasteiger partial charge in [0.1, 0.15) is 0 Å². The maximum absolute atomic E-state index is 10.3. The number of hydrogen-bond donors (Lipinski definition) is 2. The zero-order chi connectivity index (χ0) is 17.4. The Morgan fingerprint density at radius 3 is 2.96 bits per heavy atom. The standard InChI is InChI=1S/C18H18ClN5O/c1-2-3-4-7-24-16-15(13(19)10-20-17(16)22-18(24)25)11-5-6-12-9-21-23-14(12)8-11/h5-6,8-10H,2-4,7H2,1H3,(H,21,23)(H,20,22,25). The van der Waals surface area contributed by atoms with Gasteiger partial charge in [0.25, 0.3) is 6.01 Å². The minimum absolute atomic E-state index is 0.0234. The lowest BCUT2D eigenvalue weighted by Crippen LogP contribution is -1.99. The highest BCUT2D eigenvalue weighted by Crippen LogP contribution is 2.37. The first-order valence-corrected chi connectivity index (χ1v) is 8.74. The number of aryl methyl sites for hydroxylation is 1. The number of rotatable bonds is 5. The van der Waals surface area contributed by atoms with Crippen molar-refractivity contribution in [1.82, 2.24) is 24.7 Å². The number of halogens is 1. The van der Waals surface area contributed by atoms with Gasteiger partial charge in [-0.25, -0.2) is 4.98 Å². The van der Waals surface area contributed by atoms with E-state index >= 15 is 0 Å². The number of fused-ring (bicyclic) bond motifs is 2. The van der Waals surface area contributed by atoms with Gasteiger partial charge < -0.3 is 5.11 Å². The summed E-state index contributed by atoms with van der Waals surface area (Å²) in [7, 11) is 0. The Bertz CT molecular complexity index is 1050. The molecule has 0 fully saturated rings. The van der Waals surface area contributed by atoms with Crippen LogP contribution in [0.4, 0.5) is 0 Å². The van der Waals surface area contributed by atoms with E-state index in [0.717, 1.165) is 46.8 Å². The van der Waals surface area contributed by atoms with Crippen molar-refractivity contribution in [3.8, 4) is 17.1 Å². The van der Waals surface area contributed by atoms with Crippen LogP contribution in [0, 0.1) is 0 Å². The van der Waals surface area contributed by atoms with Crippen LogP contribution < -0.4 is 0 Å². The van der Waals surface area contributed by atoms with Crippen molar-refractivity contribution in [3.05, 3.63) is 35.6 Å². The van der Waals surface area contributed by atoms with Crippen LogP contribution >= 0.6 is 11.6 Å². The molecule has 128 valence electrons. The summed E-state index contributed by atoms with van der Waals surface area (Å²) in [6, 6.07) is 5.97. The highest BCUT2D eigenvalue weighted by Gasteiger charge is 2.19. The Morgan fingerprint density at radius 1 is 1.24 bits per heavy atom. The van der Waals surface area contributed by atoms with Gasteiger partial charge in [-0.15, -0.1) is 0 Å². The minimum Gasteiger partial charge on any atom is -0.480 e. The first-order valence-electron chi connectivity index (χ1n) is 8.36. The molecule has 1 aromatic carbocycles. The van der Waals surface area contributed by atoms with Crippen molar-refractivity contribution in [2.45, 2.75) is 32.7 Å². The topological polar surface area (TPSA) is 79.6 Å². The first kappa shape index (κ1) is 15.9. The smallest absolute Gasteiger partial charge is 0.296 e. The van der Waals surface area contributed by atoms with E-state index in [1.54, 1.807) is 17.0 Å². The molecule has 0 atom stereocenters. The highest BCUT2D eigenvalue weighted by atomic mass is 35.5. The normalized spacial score (nSPS) is 11.6. The molecule has 3 heterocycles. The van der Waals surface area contributed by atoms with Gasteiger partial charge in [0.2, 0.25) is 0 Å². The molecule has 0 radical (unpaired) electrons. The maximum Gasteiger partial charge on any atom is 0.296 e. The number of unbranched alkanes of at least 4 members (excludes halogenated alkanes) is 2. The second-order valence-corrected chi connectivity index (χ2v) is 6.50. The fourth-order valence-electron chi connectivity index (χ4n) is 3.16.